The summed E-state index contributed by atoms with van der Waals surface area (Å²) in [5, 5.41) is 10.1. The van der Waals surface area contributed by atoms with Gasteiger partial charge in [0.15, 0.2) is 0 Å². The van der Waals surface area contributed by atoms with Crippen LogP contribution in [0.25, 0.3) is 0 Å². The van der Waals surface area contributed by atoms with E-state index in [1.54, 1.807) is 13.0 Å². The molecule has 5 N–H and O–H groups in total. The first-order chi connectivity index (χ1) is 6.43. The fourth-order valence-corrected chi connectivity index (χ4v) is 1.65. The Kier molecular flexibility index (Phi) is 3.61. The number of benzene rings is 1. The van der Waals surface area contributed by atoms with E-state index >= 15 is 0 Å². The third-order valence-corrected chi connectivity index (χ3v) is 2.54. The number of nitrogen functional groups attached to an aromatic ring is 1. The van der Waals surface area contributed by atoms with E-state index in [0.29, 0.717) is 21.3 Å². The molecule has 1 aromatic carbocycles. The monoisotopic (exact) mass is 234 g/mol. The molecule has 0 bridgehead atoms. The van der Waals surface area contributed by atoms with Gasteiger partial charge >= 0.3 is 0 Å². The lowest BCUT2D eigenvalue weighted by atomic mass is 10.0. The zero-order valence-corrected chi connectivity index (χ0v) is 9.18. The van der Waals surface area contributed by atoms with Crippen LogP contribution >= 0.6 is 23.2 Å². The van der Waals surface area contributed by atoms with E-state index in [-0.39, 0.29) is 0 Å². The van der Waals surface area contributed by atoms with Crippen LogP contribution in [-0.4, -0.2) is 11.2 Å². The zero-order valence-electron chi connectivity index (χ0n) is 7.67. The van der Waals surface area contributed by atoms with Gasteiger partial charge < -0.3 is 16.6 Å². The second-order valence-electron chi connectivity index (χ2n) is 3.16. The van der Waals surface area contributed by atoms with E-state index in [2.05, 4.69) is 0 Å². The predicted octanol–water partition coefficient (Wildman–Crippen LogP) is 1.96. The van der Waals surface area contributed by atoms with Crippen molar-refractivity contribution in [2.45, 2.75) is 19.1 Å². The summed E-state index contributed by atoms with van der Waals surface area (Å²) in [6.07, 6.45) is -0.702. The Labute approximate surface area is 92.6 Å². The smallest absolute Gasteiger partial charge is 0.0705 e. The van der Waals surface area contributed by atoms with Crippen molar-refractivity contribution in [3.05, 3.63) is 27.7 Å². The summed E-state index contributed by atoms with van der Waals surface area (Å²) in [7, 11) is 0. The van der Waals surface area contributed by atoms with Crippen molar-refractivity contribution < 1.29 is 5.11 Å². The fraction of sp³-hybridized carbons (Fsp3) is 0.333. The van der Waals surface area contributed by atoms with Crippen LogP contribution in [0.5, 0.6) is 0 Å². The standard InChI is InChI=1S/C9H12Cl2N2O/c1-4(14)8(12)6-2-5(10)3-7(11)9(6)13/h2-4,8,14H,12-13H2,1H3/t4-,8+/m1/s1. The van der Waals surface area contributed by atoms with Crippen LogP contribution in [0.1, 0.15) is 18.5 Å². The molecule has 0 aliphatic carbocycles. The minimum absolute atomic E-state index is 0.351. The van der Waals surface area contributed by atoms with Gasteiger partial charge in [0.2, 0.25) is 0 Å². The van der Waals surface area contributed by atoms with Crippen LogP contribution in [0.3, 0.4) is 0 Å². The van der Waals surface area contributed by atoms with Crippen molar-refractivity contribution >= 4 is 28.9 Å². The first-order valence-corrected chi connectivity index (χ1v) is 4.87. The number of aliphatic hydroxyl groups excluding tert-OH is 1. The highest BCUT2D eigenvalue weighted by Gasteiger charge is 2.17. The lowest BCUT2D eigenvalue weighted by Gasteiger charge is -2.18. The second kappa shape index (κ2) is 4.36. The highest BCUT2D eigenvalue weighted by molar-refractivity contribution is 6.36. The molecule has 0 amide bonds. The number of anilines is 1. The molecule has 1 rings (SSSR count). The van der Waals surface area contributed by atoms with Gasteiger partial charge in [-0.1, -0.05) is 23.2 Å². The predicted molar refractivity (Wildman–Crippen MR) is 59.5 cm³/mol. The van der Waals surface area contributed by atoms with Gasteiger partial charge in [-0.25, -0.2) is 0 Å². The van der Waals surface area contributed by atoms with Gasteiger partial charge in [-0.05, 0) is 24.6 Å². The Balaban J connectivity index is 3.20. The third kappa shape index (κ3) is 2.30. The number of rotatable bonds is 2. The summed E-state index contributed by atoms with van der Waals surface area (Å²) in [5.74, 6) is 0. The van der Waals surface area contributed by atoms with Crippen LogP contribution in [-0.2, 0) is 0 Å². The van der Waals surface area contributed by atoms with Gasteiger partial charge in [-0.15, -0.1) is 0 Å². The molecule has 0 aliphatic rings. The molecule has 1 aromatic rings. The SMILES string of the molecule is C[C@@H](O)[C@H](N)c1cc(Cl)cc(Cl)c1N. The molecule has 0 aliphatic heterocycles. The molecule has 0 fully saturated rings. The summed E-state index contributed by atoms with van der Waals surface area (Å²) >= 11 is 11.6. The Bertz CT molecular complexity index is 342. The zero-order chi connectivity index (χ0) is 10.9. The van der Waals surface area contributed by atoms with E-state index in [4.69, 9.17) is 34.7 Å². The first-order valence-electron chi connectivity index (χ1n) is 4.11. The highest BCUT2D eigenvalue weighted by Crippen LogP contribution is 2.31. The van der Waals surface area contributed by atoms with E-state index in [1.165, 1.54) is 6.07 Å². The largest absolute Gasteiger partial charge is 0.397 e. The quantitative estimate of drug-likeness (QED) is 0.686. The minimum atomic E-state index is -0.702. The molecule has 14 heavy (non-hydrogen) atoms. The number of halogens is 2. The van der Waals surface area contributed by atoms with Crippen molar-refractivity contribution in [2.75, 3.05) is 5.73 Å². The third-order valence-electron chi connectivity index (χ3n) is 2.01. The Morgan fingerprint density at radius 3 is 2.43 bits per heavy atom. The summed E-state index contributed by atoms with van der Waals surface area (Å²) in [5.41, 5.74) is 12.4. The number of aliphatic hydroxyl groups is 1. The number of hydrogen-bond donors (Lipinski definition) is 3. The highest BCUT2D eigenvalue weighted by atomic mass is 35.5. The molecule has 0 spiro atoms. The van der Waals surface area contributed by atoms with Crippen molar-refractivity contribution in [3.63, 3.8) is 0 Å². The van der Waals surface area contributed by atoms with E-state index in [0.717, 1.165) is 0 Å². The van der Waals surface area contributed by atoms with E-state index in [9.17, 15) is 5.11 Å². The summed E-state index contributed by atoms with van der Waals surface area (Å²) < 4.78 is 0. The second-order valence-corrected chi connectivity index (χ2v) is 4.00. The molecule has 0 unspecified atom stereocenters. The van der Waals surface area contributed by atoms with Gasteiger partial charge in [-0.2, -0.15) is 0 Å². The molecule has 0 saturated heterocycles. The maximum Gasteiger partial charge on any atom is 0.0705 e. The molecule has 5 heteroatoms. The lowest BCUT2D eigenvalue weighted by molar-refractivity contribution is 0.164. The molecular weight excluding hydrogens is 223 g/mol. The minimum Gasteiger partial charge on any atom is -0.397 e. The van der Waals surface area contributed by atoms with Crippen molar-refractivity contribution in [2.24, 2.45) is 5.73 Å². The van der Waals surface area contributed by atoms with Crippen molar-refractivity contribution in [1.82, 2.24) is 0 Å². The number of nitrogens with two attached hydrogens (primary N) is 2. The molecular formula is C9H12Cl2N2O. The molecule has 0 radical (unpaired) electrons. The summed E-state index contributed by atoms with van der Waals surface area (Å²) in [6.45, 7) is 1.58. The number of hydrogen-bond acceptors (Lipinski definition) is 3. The molecule has 3 nitrogen and oxygen atoms in total. The van der Waals surface area contributed by atoms with Crippen LogP contribution < -0.4 is 11.5 Å². The molecule has 2 atom stereocenters. The van der Waals surface area contributed by atoms with Gasteiger partial charge in [0, 0.05) is 5.02 Å². The Morgan fingerprint density at radius 1 is 1.36 bits per heavy atom. The topological polar surface area (TPSA) is 72.3 Å². The molecule has 0 heterocycles. The van der Waals surface area contributed by atoms with Crippen molar-refractivity contribution in [3.8, 4) is 0 Å². The molecule has 0 saturated carbocycles. The van der Waals surface area contributed by atoms with Gasteiger partial charge in [-0.3, -0.25) is 0 Å². The normalized spacial score (nSPS) is 15.2. The first kappa shape index (κ1) is 11.6. The fourth-order valence-electron chi connectivity index (χ4n) is 1.14. The molecule has 78 valence electrons. The van der Waals surface area contributed by atoms with Crippen LogP contribution in [0.4, 0.5) is 5.69 Å². The van der Waals surface area contributed by atoms with Crippen LogP contribution in [0.2, 0.25) is 10.0 Å². The van der Waals surface area contributed by atoms with Crippen LogP contribution in [0.15, 0.2) is 12.1 Å². The van der Waals surface area contributed by atoms with E-state index in [1.807, 2.05) is 0 Å². The van der Waals surface area contributed by atoms with E-state index < -0.39 is 12.1 Å². The lowest BCUT2D eigenvalue weighted by Crippen LogP contribution is -2.24. The molecule has 0 aromatic heterocycles. The Hall–Kier alpha value is -0.480. The van der Waals surface area contributed by atoms with Gasteiger partial charge in [0.1, 0.15) is 0 Å². The van der Waals surface area contributed by atoms with Gasteiger partial charge in [0.25, 0.3) is 0 Å². The van der Waals surface area contributed by atoms with Gasteiger partial charge in [0.05, 0.1) is 22.9 Å². The van der Waals surface area contributed by atoms with Crippen molar-refractivity contribution in [1.29, 1.82) is 0 Å². The maximum atomic E-state index is 9.31. The summed E-state index contributed by atoms with van der Waals surface area (Å²) in [6, 6.07) is 2.57. The van der Waals surface area contributed by atoms with Crippen LogP contribution in [0, 0.1) is 0 Å². The Morgan fingerprint density at radius 2 is 1.93 bits per heavy atom. The maximum absolute atomic E-state index is 9.31. The summed E-state index contributed by atoms with van der Waals surface area (Å²) in [4.78, 5) is 0. The average molecular weight is 235 g/mol. The average Bonchev–Trinajstić information content (AvgIpc) is 2.09.